The van der Waals surface area contributed by atoms with Gasteiger partial charge in [-0.1, -0.05) is 55.3 Å². The predicted octanol–water partition coefficient (Wildman–Crippen LogP) is 4.21. The first-order valence-corrected chi connectivity index (χ1v) is 13.6. The van der Waals surface area contributed by atoms with Crippen molar-refractivity contribution >= 4 is 39.5 Å². The normalized spacial score (nSPS) is 12.6. The Morgan fingerprint density at radius 3 is 2.36 bits per heavy atom. The van der Waals surface area contributed by atoms with Crippen LogP contribution in [-0.2, 0) is 19.6 Å². The lowest BCUT2D eigenvalue weighted by molar-refractivity contribution is -0.127. The second-order valence-electron chi connectivity index (χ2n) is 8.91. The molecular formula is C26H33ClFN3O4S. The maximum atomic E-state index is 13.1. The highest BCUT2D eigenvalue weighted by Gasteiger charge is 2.21. The van der Waals surface area contributed by atoms with Crippen molar-refractivity contribution in [3.63, 3.8) is 0 Å². The van der Waals surface area contributed by atoms with E-state index in [-0.39, 0.29) is 34.2 Å². The summed E-state index contributed by atoms with van der Waals surface area (Å²) in [6.07, 6.45) is 4.55. The van der Waals surface area contributed by atoms with Crippen LogP contribution in [-0.4, -0.2) is 39.4 Å². The van der Waals surface area contributed by atoms with Gasteiger partial charge >= 0.3 is 0 Å². The number of hydrogen-bond donors (Lipinski definition) is 3. The number of halogens is 2. The standard InChI is InChI=1S/C26H33ClFN3O4S/c1-18(2)16-23(31-25(32)13-10-20-8-6-19(3)7-9-20)26(33)29-14-4-5-15-30-36(34,35)24-12-11-21(28)17-22(24)27/h6-13,17-18,23,30H,4-5,14-16H2,1-3H3,(H,29,33)(H,31,32)/t23-/m0/s1. The van der Waals surface area contributed by atoms with Crippen LogP contribution < -0.4 is 15.4 Å². The molecule has 0 saturated carbocycles. The first kappa shape index (κ1) is 29.5. The van der Waals surface area contributed by atoms with E-state index >= 15 is 0 Å². The Balaban J connectivity index is 1.79. The summed E-state index contributed by atoms with van der Waals surface area (Å²) in [7, 11) is -3.87. The SMILES string of the molecule is Cc1ccc(C=CC(=O)N[C@@H](CC(C)C)C(=O)NCCCCNS(=O)(=O)c2ccc(F)cc2Cl)cc1. The van der Waals surface area contributed by atoms with E-state index in [1.807, 2.05) is 45.0 Å². The van der Waals surface area contributed by atoms with Crippen LogP contribution in [0.1, 0.15) is 44.2 Å². The van der Waals surface area contributed by atoms with Crippen molar-refractivity contribution in [1.82, 2.24) is 15.4 Å². The Hall–Kier alpha value is -2.75. The molecule has 36 heavy (non-hydrogen) atoms. The van der Waals surface area contributed by atoms with Gasteiger partial charge in [-0.25, -0.2) is 17.5 Å². The fourth-order valence-electron chi connectivity index (χ4n) is 3.33. The number of carbonyl (C=O) groups is 2. The quantitative estimate of drug-likeness (QED) is 0.263. The predicted molar refractivity (Wildman–Crippen MR) is 140 cm³/mol. The average Bonchev–Trinajstić information content (AvgIpc) is 2.79. The van der Waals surface area contributed by atoms with Crippen LogP contribution in [0.25, 0.3) is 6.08 Å². The zero-order valence-electron chi connectivity index (χ0n) is 20.7. The summed E-state index contributed by atoms with van der Waals surface area (Å²) in [5, 5.41) is 5.37. The van der Waals surface area contributed by atoms with E-state index in [1.165, 1.54) is 6.08 Å². The Bertz CT molecular complexity index is 1170. The summed E-state index contributed by atoms with van der Waals surface area (Å²) < 4.78 is 40.2. The molecular weight excluding hydrogens is 505 g/mol. The molecule has 0 heterocycles. The molecule has 0 aromatic heterocycles. The Morgan fingerprint density at radius 1 is 1.06 bits per heavy atom. The number of hydrogen-bond acceptors (Lipinski definition) is 4. The minimum Gasteiger partial charge on any atom is -0.354 e. The zero-order chi connectivity index (χ0) is 26.7. The maximum Gasteiger partial charge on any atom is 0.244 e. The van der Waals surface area contributed by atoms with Gasteiger partial charge in [0.15, 0.2) is 0 Å². The Kier molecular flexibility index (Phi) is 11.6. The molecule has 3 N–H and O–H groups in total. The first-order chi connectivity index (χ1) is 17.0. The van der Waals surface area contributed by atoms with E-state index < -0.39 is 21.9 Å². The van der Waals surface area contributed by atoms with E-state index in [0.29, 0.717) is 25.8 Å². The topological polar surface area (TPSA) is 104 Å². The third kappa shape index (κ3) is 10.1. The lowest BCUT2D eigenvalue weighted by Gasteiger charge is -2.19. The van der Waals surface area contributed by atoms with Gasteiger partial charge in [0.2, 0.25) is 21.8 Å². The number of rotatable bonds is 13. The number of nitrogens with one attached hydrogen (secondary N) is 3. The van der Waals surface area contributed by atoms with Gasteiger partial charge in [-0.2, -0.15) is 0 Å². The number of aryl methyl sites for hydroxylation is 1. The van der Waals surface area contributed by atoms with Crippen molar-refractivity contribution < 1.29 is 22.4 Å². The molecule has 0 aliphatic heterocycles. The van der Waals surface area contributed by atoms with Crippen LogP contribution >= 0.6 is 11.6 Å². The summed E-state index contributed by atoms with van der Waals surface area (Å²) >= 11 is 5.83. The second-order valence-corrected chi connectivity index (χ2v) is 11.0. The minimum absolute atomic E-state index is 0.127. The molecule has 0 aliphatic rings. The fourth-order valence-corrected chi connectivity index (χ4v) is 4.94. The lowest BCUT2D eigenvalue weighted by Crippen LogP contribution is -2.47. The van der Waals surface area contributed by atoms with E-state index in [4.69, 9.17) is 11.6 Å². The number of carbonyl (C=O) groups excluding carboxylic acids is 2. The molecule has 0 fully saturated rings. The van der Waals surface area contributed by atoms with Gasteiger partial charge in [0, 0.05) is 19.2 Å². The summed E-state index contributed by atoms with van der Waals surface area (Å²) in [4.78, 5) is 24.8. The van der Waals surface area contributed by atoms with Crippen molar-refractivity contribution in [2.45, 2.75) is 51.0 Å². The Morgan fingerprint density at radius 2 is 1.72 bits per heavy atom. The number of benzene rings is 2. The highest BCUT2D eigenvalue weighted by Crippen LogP contribution is 2.21. The van der Waals surface area contributed by atoms with Crippen molar-refractivity contribution in [2.75, 3.05) is 13.1 Å². The van der Waals surface area contributed by atoms with Crippen LogP contribution in [0.5, 0.6) is 0 Å². The molecule has 1 atom stereocenters. The largest absolute Gasteiger partial charge is 0.354 e. The second kappa shape index (κ2) is 14.1. The zero-order valence-corrected chi connectivity index (χ0v) is 22.3. The minimum atomic E-state index is -3.87. The van der Waals surface area contributed by atoms with Gasteiger partial charge < -0.3 is 10.6 Å². The number of sulfonamides is 1. The third-order valence-electron chi connectivity index (χ3n) is 5.22. The first-order valence-electron chi connectivity index (χ1n) is 11.8. The summed E-state index contributed by atoms with van der Waals surface area (Å²) in [6, 6.07) is 10.1. The van der Waals surface area contributed by atoms with Gasteiger partial charge in [-0.15, -0.1) is 0 Å². The molecule has 0 radical (unpaired) electrons. The van der Waals surface area contributed by atoms with Gasteiger partial charge in [-0.3, -0.25) is 9.59 Å². The van der Waals surface area contributed by atoms with Crippen molar-refractivity contribution in [3.05, 3.63) is 70.5 Å². The number of amides is 2. The molecule has 0 bridgehead atoms. The molecule has 2 aromatic carbocycles. The Labute approximate surface area is 217 Å². The molecule has 10 heteroatoms. The van der Waals surface area contributed by atoms with Crippen LogP contribution in [0.2, 0.25) is 5.02 Å². The third-order valence-corrected chi connectivity index (χ3v) is 7.17. The van der Waals surface area contributed by atoms with Gasteiger partial charge in [0.1, 0.15) is 16.8 Å². The molecule has 2 aromatic rings. The summed E-state index contributed by atoms with van der Waals surface area (Å²) in [5.74, 6) is -1.08. The molecule has 0 spiro atoms. The van der Waals surface area contributed by atoms with E-state index in [1.54, 1.807) is 6.08 Å². The molecule has 196 valence electrons. The summed E-state index contributed by atoms with van der Waals surface area (Å²) in [5.41, 5.74) is 2.01. The van der Waals surface area contributed by atoms with Crippen molar-refractivity contribution in [2.24, 2.45) is 5.92 Å². The molecule has 0 saturated heterocycles. The van der Waals surface area contributed by atoms with Gasteiger partial charge in [0.25, 0.3) is 0 Å². The lowest BCUT2D eigenvalue weighted by atomic mass is 10.0. The molecule has 2 amide bonds. The summed E-state index contributed by atoms with van der Waals surface area (Å²) in [6.45, 7) is 6.36. The molecule has 2 rings (SSSR count). The molecule has 0 aliphatic carbocycles. The number of unbranched alkanes of at least 4 members (excludes halogenated alkanes) is 1. The van der Waals surface area contributed by atoms with Crippen LogP contribution in [0.3, 0.4) is 0 Å². The van der Waals surface area contributed by atoms with E-state index in [0.717, 1.165) is 29.3 Å². The maximum absolute atomic E-state index is 13.1. The molecule has 0 unspecified atom stereocenters. The van der Waals surface area contributed by atoms with Crippen LogP contribution in [0, 0.1) is 18.7 Å². The van der Waals surface area contributed by atoms with Gasteiger partial charge in [-0.05, 0) is 61.9 Å². The van der Waals surface area contributed by atoms with E-state index in [2.05, 4.69) is 15.4 Å². The van der Waals surface area contributed by atoms with Gasteiger partial charge in [0.05, 0.1) is 5.02 Å². The van der Waals surface area contributed by atoms with Crippen molar-refractivity contribution in [1.29, 1.82) is 0 Å². The van der Waals surface area contributed by atoms with Crippen LogP contribution in [0.15, 0.2) is 53.4 Å². The highest BCUT2D eigenvalue weighted by molar-refractivity contribution is 7.89. The van der Waals surface area contributed by atoms with E-state index in [9.17, 15) is 22.4 Å². The highest BCUT2D eigenvalue weighted by atomic mass is 35.5. The molecule has 7 nitrogen and oxygen atoms in total. The average molecular weight is 538 g/mol. The smallest absolute Gasteiger partial charge is 0.244 e. The fraction of sp³-hybridized carbons (Fsp3) is 0.385. The monoisotopic (exact) mass is 537 g/mol. The van der Waals surface area contributed by atoms with Crippen molar-refractivity contribution in [3.8, 4) is 0 Å². The van der Waals surface area contributed by atoms with Crippen LogP contribution in [0.4, 0.5) is 4.39 Å².